The van der Waals surface area contributed by atoms with E-state index in [1.807, 2.05) is 46.0 Å². The summed E-state index contributed by atoms with van der Waals surface area (Å²) in [5.41, 5.74) is 0.857. The molecule has 1 unspecified atom stereocenters. The Morgan fingerprint density at radius 1 is 1.13 bits per heavy atom. The number of carbonyl (C=O) groups is 1. The van der Waals surface area contributed by atoms with Crippen molar-refractivity contribution in [3.8, 4) is 17.2 Å². The number of carbonyl (C=O) groups excluding carboxylic acids is 1. The number of nitrogens with zero attached hydrogens (tertiary/aromatic N) is 2. The smallest absolute Gasteiger partial charge is 0.264 e. The molecule has 0 bridgehead atoms. The summed E-state index contributed by atoms with van der Waals surface area (Å²) >= 11 is 2.98. The van der Waals surface area contributed by atoms with Gasteiger partial charge in [0.1, 0.15) is 11.6 Å². The molecule has 0 N–H and O–H groups in total. The maximum Gasteiger partial charge on any atom is 0.264 e. The highest BCUT2D eigenvalue weighted by Crippen LogP contribution is 2.37. The van der Waals surface area contributed by atoms with E-state index in [9.17, 15) is 4.79 Å². The third kappa shape index (κ3) is 5.12. The Bertz CT molecular complexity index is 934. The standard InChI is InChI=1S/C22H26N2O4S2/c1-5-15(2)24(22(25)19-10-7-11-29-19)12-16-14-30-20(23-16)13-28-21-17(26-3)8-6-9-18(21)27-4/h6-11,14-15H,5,12-13H2,1-4H3. The van der Waals surface area contributed by atoms with E-state index in [-0.39, 0.29) is 11.9 Å². The summed E-state index contributed by atoms with van der Waals surface area (Å²) in [4.78, 5) is 20.2. The molecule has 0 aliphatic rings. The van der Waals surface area contributed by atoms with Gasteiger partial charge in [0.15, 0.2) is 11.5 Å². The number of thiazole rings is 1. The second-order valence-corrected chi connectivity index (χ2v) is 8.57. The van der Waals surface area contributed by atoms with Crippen LogP contribution in [0, 0.1) is 0 Å². The van der Waals surface area contributed by atoms with Crippen LogP contribution in [-0.2, 0) is 13.2 Å². The van der Waals surface area contributed by atoms with Crippen molar-refractivity contribution in [2.24, 2.45) is 0 Å². The van der Waals surface area contributed by atoms with Crippen LogP contribution < -0.4 is 14.2 Å². The van der Waals surface area contributed by atoms with Crippen LogP contribution in [0.2, 0.25) is 0 Å². The fourth-order valence-corrected chi connectivity index (χ4v) is 4.32. The zero-order chi connectivity index (χ0) is 21.5. The topological polar surface area (TPSA) is 60.9 Å². The lowest BCUT2D eigenvalue weighted by Gasteiger charge is -2.27. The zero-order valence-electron chi connectivity index (χ0n) is 17.6. The third-order valence-corrected chi connectivity index (χ3v) is 6.50. The van der Waals surface area contributed by atoms with E-state index in [0.717, 1.165) is 22.0 Å². The van der Waals surface area contributed by atoms with Crippen LogP contribution in [0.25, 0.3) is 0 Å². The molecule has 8 heteroatoms. The first-order valence-corrected chi connectivity index (χ1v) is 11.4. The van der Waals surface area contributed by atoms with Gasteiger partial charge >= 0.3 is 0 Å². The van der Waals surface area contributed by atoms with Gasteiger partial charge in [-0.3, -0.25) is 4.79 Å². The van der Waals surface area contributed by atoms with Gasteiger partial charge in [0.05, 0.1) is 31.3 Å². The number of methoxy groups -OCH3 is 2. The monoisotopic (exact) mass is 446 g/mol. The zero-order valence-corrected chi connectivity index (χ0v) is 19.2. The molecule has 3 aromatic rings. The predicted molar refractivity (Wildman–Crippen MR) is 120 cm³/mol. The second-order valence-electron chi connectivity index (χ2n) is 6.68. The summed E-state index contributed by atoms with van der Waals surface area (Å²) in [5, 5.41) is 4.73. The number of hydrogen-bond donors (Lipinski definition) is 0. The van der Waals surface area contributed by atoms with Crippen LogP contribution in [-0.4, -0.2) is 36.1 Å². The number of hydrogen-bond acceptors (Lipinski definition) is 7. The van der Waals surface area contributed by atoms with Gasteiger partial charge in [-0.1, -0.05) is 19.1 Å². The Morgan fingerprint density at radius 3 is 2.47 bits per heavy atom. The summed E-state index contributed by atoms with van der Waals surface area (Å²) < 4.78 is 16.7. The molecule has 0 spiro atoms. The fourth-order valence-electron chi connectivity index (χ4n) is 2.95. The van der Waals surface area contributed by atoms with Gasteiger partial charge in [-0.25, -0.2) is 4.98 Å². The molecule has 1 atom stereocenters. The van der Waals surface area contributed by atoms with Crippen molar-refractivity contribution in [2.45, 2.75) is 39.5 Å². The van der Waals surface area contributed by atoms with Crippen molar-refractivity contribution in [2.75, 3.05) is 14.2 Å². The minimum Gasteiger partial charge on any atom is -0.493 e. The van der Waals surface area contributed by atoms with Crippen molar-refractivity contribution >= 4 is 28.6 Å². The molecule has 1 amide bonds. The first-order valence-electron chi connectivity index (χ1n) is 9.68. The number of rotatable bonds is 10. The molecule has 0 aliphatic carbocycles. The maximum absolute atomic E-state index is 12.9. The molecule has 6 nitrogen and oxygen atoms in total. The number of benzene rings is 1. The molecule has 30 heavy (non-hydrogen) atoms. The highest BCUT2D eigenvalue weighted by atomic mass is 32.1. The van der Waals surface area contributed by atoms with Crippen molar-refractivity contribution in [1.82, 2.24) is 9.88 Å². The predicted octanol–water partition coefficient (Wildman–Crippen LogP) is 5.24. The summed E-state index contributed by atoms with van der Waals surface area (Å²) in [7, 11) is 3.19. The molecule has 0 aliphatic heterocycles. The number of para-hydroxylation sites is 1. The van der Waals surface area contributed by atoms with Gasteiger partial charge in [-0.2, -0.15) is 0 Å². The number of thiophene rings is 1. The van der Waals surface area contributed by atoms with Crippen LogP contribution in [0.3, 0.4) is 0 Å². The fraction of sp³-hybridized carbons (Fsp3) is 0.364. The minimum atomic E-state index is 0.0453. The van der Waals surface area contributed by atoms with E-state index in [0.29, 0.717) is 30.4 Å². The van der Waals surface area contributed by atoms with E-state index >= 15 is 0 Å². The molecular formula is C22H26N2O4S2. The lowest BCUT2D eigenvalue weighted by atomic mass is 10.2. The Hall–Kier alpha value is -2.58. The van der Waals surface area contributed by atoms with E-state index in [1.165, 1.54) is 22.7 Å². The van der Waals surface area contributed by atoms with E-state index in [2.05, 4.69) is 18.8 Å². The molecule has 0 fully saturated rings. The van der Waals surface area contributed by atoms with Gasteiger partial charge in [0.2, 0.25) is 5.75 Å². The number of ether oxygens (including phenoxy) is 3. The van der Waals surface area contributed by atoms with Gasteiger partial charge in [0.25, 0.3) is 5.91 Å². The number of aromatic nitrogens is 1. The van der Waals surface area contributed by atoms with Crippen molar-refractivity contribution in [1.29, 1.82) is 0 Å². The molecule has 0 saturated carbocycles. The summed E-state index contributed by atoms with van der Waals surface area (Å²) in [6, 6.07) is 9.39. The highest BCUT2D eigenvalue weighted by Gasteiger charge is 2.22. The summed E-state index contributed by atoms with van der Waals surface area (Å²) in [5.74, 6) is 1.81. The second kappa shape index (κ2) is 10.4. The SMILES string of the molecule is CCC(C)N(Cc1csc(COc2c(OC)cccc2OC)n1)C(=O)c1cccs1. The molecule has 0 saturated heterocycles. The van der Waals surface area contributed by atoms with Gasteiger partial charge in [-0.05, 0) is 36.9 Å². The highest BCUT2D eigenvalue weighted by molar-refractivity contribution is 7.12. The Morgan fingerprint density at radius 2 is 1.87 bits per heavy atom. The molecule has 3 rings (SSSR count). The molecule has 2 aromatic heterocycles. The maximum atomic E-state index is 12.9. The minimum absolute atomic E-state index is 0.0453. The average molecular weight is 447 g/mol. The lowest BCUT2D eigenvalue weighted by molar-refractivity contribution is 0.0674. The Kier molecular flexibility index (Phi) is 7.70. The first-order chi connectivity index (χ1) is 14.6. The lowest BCUT2D eigenvalue weighted by Crippen LogP contribution is -2.37. The third-order valence-electron chi connectivity index (χ3n) is 4.77. The van der Waals surface area contributed by atoms with Crippen molar-refractivity contribution in [3.63, 3.8) is 0 Å². The van der Waals surface area contributed by atoms with Crippen LogP contribution in [0.4, 0.5) is 0 Å². The Balaban J connectivity index is 1.70. The average Bonchev–Trinajstić information content (AvgIpc) is 3.47. The molecule has 0 radical (unpaired) electrons. The largest absolute Gasteiger partial charge is 0.493 e. The quantitative estimate of drug-likeness (QED) is 0.426. The van der Waals surface area contributed by atoms with E-state index in [1.54, 1.807) is 14.2 Å². The van der Waals surface area contributed by atoms with Gasteiger partial charge in [-0.15, -0.1) is 22.7 Å². The summed E-state index contributed by atoms with van der Waals surface area (Å²) in [6.07, 6.45) is 0.880. The van der Waals surface area contributed by atoms with Gasteiger partial charge in [0, 0.05) is 11.4 Å². The molecule has 1 aromatic carbocycles. The molecular weight excluding hydrogens is 420 g/mol. The molecule has 2 heterocycles. The van der Waals surface area contributed by atoms with E-state index in [4.69, 9.17) is 14.2 Å². The van der Waals surface area contributed by atoms with Crippen LogP contribution in [0.15, 0.2) is 41.1 Å². The van der Waals surface area contributed by atoms with Crippen LogP contribution in [0.1, 0.15) is 40.6 Å². The first kappa shape index (κ1) is 22.1. The summed E-state index contributed by atoms with van der Waals surface area (Å²) in [6.45, 7) is 4.92. The Labute approximate surface area is 185 Å². The van der Waals surface area contributed by atoms with Crippen LogP contribution >= 0.6 is 22.7 Å². The van der Waals surface area contributed by atoms with Crippen molar-refractivity contribution < 1.29 is 19.0 Å². The number of amides is 1. The molecule has 160 valence electrons. The van der Waals surface area contributed by atoms with Gasteiger partial charge < -0.3 is 19.1 Å². The van der Waals surface area contributed by atoms with Crippen LogP contribution in [0.5, 0.6) is 17.2 Å². The normalized spacial score (nSPS) is 11.7. The van der Waals surface area contributed by atoms with Crippen molar-refractivity contribution in [3.05, 3.63) is 56.7 Å². The van der Waals surface area contributed by atoms with E-state index < -0.39 is 0 Å².